The van der Waals surface area contributed by atoms with Crippen LogP contribution in [0.2, 0.25) is 0 Å². The largest absolute Gasteiger partial charge is 0.497 e. The number of aliphatic imine (C=N–C) groups is 1. The molecule has 6 heteroatoms. The van der Waals surface area contributed by atoms with Gasteiger partial charge in [-0.2, -0.15) is 0 Å². The highest BCUT2D eigenvalue weighted by Gasteiger charge is 2.26. The fraction of sp³-hybridized carbons (Fsp3) is 0.158. The fourth-order valence-electron chi connectivity index (χ4n) is 2.42. The van der Waals surface area contributed by atoms with E-state index >= 15 is 0 Å². The average Bonchev–Trinajstić information content (AvgIpc) is 3.01. The number of cyclic esters (lactones) is 1. The molecule has 1 aliphatic heterocycles. The first-order valence-electron chi connectivity index (χ1n) is 7.53. The average molecular weight is 339 g/mol. The molecule has 2 aromatic rings. The maximum Gasteiger partial charge on any atom is 0.363 e. The minimum absolute atomic E-state index is 0.191. The maximum atomic E-state index is 12.2. The van der Waals surface area contributed by atoms with E-state index < -0.39 is 5.97 Å². The van der Waals surface area contributed by atoms with Gasteiger partial charge in [-0.05, 0) is 35.9 Å². The standard InChI is InChI=1S/C19H17NO5/c1-22-13-8-12(9-14(11-13)23-2)10-16-19(21)25-18(20-16)15-6-4-5-7-17(15)24-3/h4-11H,1-3H3/b16-10-. The summed E-state index contributed by atoms with van der Waals surface area (Å²) in [5.41, 5.74) is 1.52. The van der Waals surface area contributed by atoms with Gasteiger partial charge in [0.05, 0.1) is 26.9 Å². The molecule has 0 atom stereocenters. The molecule has 0 aliphatic carbocycles. The second-order valence-corrected chi connectivity index (χ2v) is 5.18. The number of carbonyl (C=O) groups excluding carboxylic acids is 1. The SMILES string of the molecule is COc1cc(/C=C2\N=C(c3ccccc3OC)OC2=O)cc(OC)c1. The van der Waals surface area contributed by atoms with Crippen LogP contribution in [0.15, 0.2) is 53.2 Å². The Bertz CT molecular complexity index is 848. The van der Waals surface area contributed by atoms with E-state index in [1.165, 1.54) is 0 Å². The van der Waals surface area contributed by atoms with Crippen LogP contribution in [-0.2, 0) is 9.53 Å². The summed E-state index contributed by atoms with van der Waals surface area (Å²) in [6, 6.07) is 12.5. The topological polar surface area (TPSA) is 66.3 Å². The van der Waals surface area contributed by atoms with Gasteiger partial charge in [0.25, 0.3) is 0 Å². The van der Waals surface area contributed by atoms with Crippen LogP contribution >= 0.6 is 0 Å². The highest BCUT2D eigenvalue weighted by atomic mass is 16.6. The Hall–Kier alpha value is -3.28. The van der Waals surface area contributed by atoms with Crippen molar-refractivity contribution in [2.45, 2.75) is 0 Å². The third kappa shape index (κ3) is 3.47. The van der Waals surface area contributed by atoms with E-state index in [9.17, 15) is 4.79 Å². The molecule has 0 fully saturated rings. The summed E-state index contributed by atoms with van der Waals surface area (Å²) in [6.07, 6.45) is 1.62. The highest BCUT2D eigenvalue weighted by molar-refractivity contribution is 6.13. The van der Waals surface area contributed by atoms with Crippen molar-refractivity contribution < 1.29 is 23.7 Å². The molecule has 6 nitrogen and oxygen atoms in total. The van der Waals surface area contributed by atoms with Gasteiger partial charge < -0.3 is 18.9 Å². The molecular weight excluding hydrogens is 322 g/mol. The predicted octanol–water partition coefficient (Wildman–Crippen LogP) is 3.06. The zero-order valence-electron chi connectivity index (χ0n) is 14.1. The number of para-hydroxylation sites is 1. The number of hydrogen-bond donors (Lipinski definition) is 0. The van der Waals surface area contributed by atoms with Gasteiger partial charge in [0.1, 0.15) is 17.2 Å². The van der Waals surface area contributed by atoms with Gasteiger partial charge >= 0.3 is 5.97 Å². The minimum atomic E-state index is -0.525. The van der Waals surface area contributed by atoms with Crippen molar-refractivity contribution in [2.75, 3.05) is 21.3 Å². The number of carbonyl (C=O) groups is 1. The van der Waals surface area contributed by atoms with E-state index in [4.69, 9.17) is 18.9 Å². The van der Waals surface area contributed by atoms with Gasteiger partial charge in [-0.25, -0.2) is 9.79 Å². The van der Waals surface area contributed by atoms with Crippen molar-refractivity contribution in [3.8, 4) is 17.2 Å². The van der Waals surface area contributed by atoms with Crippen LogP contribution in [0.5, 0.6) is 17.2 Å². The number of benzene rings is 2. The van der Waals surface area contributed by atoms with E-state index in [1.807, 2.05) is 12.1 Å². The normalized spacial score (nSPS) is 14.9. The van der Waals surface area contributed by atoms with Gasteiger partial charge in [0, 0.05) is 6.07 Å². The van der Waals surface area contributed by atoms with Crippen molar-refractivity contribution in [2.24, 2.45) is 4.99 Å². The van der Waals surface area contributed by atoms with E-state index in [-0.39, 0.29) is 11.6 Å². The van der Waals surface area contributed by atoms with Crippen molar-refractivity contribution in [3.05, 3.63) is 59.3 Å². The molecule has 1 aliphatic rings. The van der Waals surface area contributed by atoms with Crippen LogP contribution in [-0.4, -0.2) is 33.2 Å². The summed E-state index contributed by atoms with van der Waals surface area (Å²) < 4.78 is 21.0. The Morgan fingerprint density at radius 1 is 0.960 bits per heavy atom. The number of hydrogen-bond acceptors (Lipinski definition) is 6. The summed E-state index contributed by atoms with van der Waals surface area (Å²) in [4.78, 5) is 16.5. The third-order valence-electron chi connectivity index (χ3n) is 3.64. The predicted molar refractivity (Wildman–Crippen MR) is 93.1 cm³/mol. The van der Waals surface area contributed by atoms with Crippen LogP contribution in [0.4, 0.5) is 0 Å². The lowest BCUT2D eigenvalue weighted by Crippen LogP contribution is -2.06. The first-order valence-corrected chi connectivity index (χ1v) is 7.53. The van der Waals surface area contributed by atoms with Crippen LogP contribution in [0, 0.1) is 0 Å². The van der Waals surface area contributed by atoms with Crippen LogP contribution in [0.25, 0.3) is 6.08 Å². The molecule has 0 amide bonds. The molecule has 0 aromatic heterocycles. The second-order valence-electron chi connectivity index (χ2n) is 5.18. The van der Waals surface area contributed by atoms with Gasteiger partial charge in [0.15, 0.2) is 5.70 Å². The quantitative estimate of drug-likeness (QED) is 0.619. The van der Waals surface area contributed by atoms with Crippen LogP contribution in [0.3, 0.4) is 0 Å². The summed E-state index contributed by atoms with van der Waals surface area (Å²) >= 11 is 0. The third-order valence-corrected chi connectivity index (χ3v) is 3.64. The van der Waals surface area contributed by atoms with Gasteiger partial charge in [0.2, 0.25) is 5.90 Å². The number of esters is 1. The Morgan fingerprint density at radius 2 is 1.64 bits per heavy atom. The number of ether oxygens (including phenoxy) is 4. The van der Waals surface area contributed by atoms with Gasteiger partial charge in [-0.1, -0.05) is 12.1 Å². The number of methoxy groups -OCH3 is 3. The molecule has 25 heavy (non-hydrogen) atoms. The molecule has 128 valence electrons. The molecule has 0 radical (unpaired) electrons. The molecule has 0 bridgehead atoms. The van der Waals surface area contributed by atoms with Crippen LogP contribution < -0.4 is 14.2 Å². The van der Waals surface area contributed by atoms with E-state index in [1.54, 1.807) is 57.7 Å². The maximum absolute atomic E-state index is 12.2. The van der Waals surface area contributed by atoms with E-state index in [0.717, 1.165) is 0 Å². The van der Waals surface area contributed by atoms with Gasteiger partial charge in [-0.3, -0.25) is 0 Å². The molecule has 0 saturated heterocycles. The highest BCUT2D eigenvalue weighted by Crippen LogP contribution is 2.27. The fourth-order valence-corrected chi connectivity index (χ4v) is 2.42. The van der Waals surface area contributed by atoms with Crippen molar-refractivity contribution in [1.82, 2.24) is 0 Å². The second kappa shape index (κ2) is 7.09. The lowest BCUT2D eigenvalue weighted by Gasteiger charge is -2.05. The van der Waals surface area contributed by atoms with Crippen molar-refractivity contribution in [3.63, 3.8) is 0 Å². The number of nitrogens with zero attached hydrogens (tertiary/aromatic N) is 1. The summed E-state index contributed by atoms with van der Waals surface area (Å²) in [5.74, 6) is 1.50. The lowest BCUT2D eigenvalue weighted by molar-refractivity contribution is -0.129. The van der Waals surface area contributed by atoms with E-state index in [0.29, 0.717) is 28.4 Å². The first-order chi connectivity index (χ1) is 12.1. The summed E-state index contributed by atoms with van der Waals surface area (Å²) in [5, 5.41) is 0. The Balaban J connectivity index is 1.99. The molecule has 0 saturated carbocycles. The molecule has 0 N–H and O–H groups in total. The molecular formula is C19H17NO5. The summed E-state index contributed by atoms with van der Waals surface area (Å²) in [7, 11) is 4.68. The minimum Gasteiger partial charge on any atom is -0.497 e. The van der Waals surface area contributed by atoms with Crippen molar-refractivity contribution in [1.29, 1.82) is 0 Å². The zero-order chi connectivity index (χ0) is 17.8. The Kier molecular flexibility index (Phi) is 4.70. The first kappa shape index (κ1) is 16.6. The Morgan fingerprint density at radius 3 is 2.28 bits per heavy atom. The van der Waals surface area contributed by atoms with Crippen molar-refractivity contribution >= 4 is 17.9 Å². The summed E-state index contributed by atoms with van der Waals surface area (Å²) in [6.45, 7) is 0. The smallest absolute Gasteiger partial charge is 0.363 e. The molecule has 3 rings (SSSR count). The zero-order valence-corrected chi connectivity index (χ0v) is 14.1. The monoisotopic (exact) mass is 339 g/mol. The molecule has 0 unspecified atom stereocenters. The molecule has 2 aromatic carbocycles. The molecule has 1 heterocycles. The molecule has 0 spiro atoms. The number of rotatable bonds is 5. The van der Waals surface area contributed by atoms with E-state index in [2.05, 4.69) is 4.99 Å². The van der Waals surface area contributed by atoms with Gasteiger partial charge in [-0.15, -0.1) is 0 Å². The Labute approximate surface area is 145 Å². The van der Waals surface area contributed by atoms with Crippen LogP contribution in [0.1, 0.15) is 11.1 Å². The lowest BCUT2D eigenvalue weighted by atomic mass is 10.1.